The van der Waals surface area contributed by atoms with Gasteiger partial charge in [0, 0.05) is 30.0 Å². The Bertz CT molecular complexity index is 854. The van der Waals surface area contributed by atoms with Crippen LogP contribution >= 0.6 is 0 Å². The normalized spacial score (nSPS) is 14.1. The minimum absolute atomic E-state index is 0.0574. The first-order chi connectivity index (χ1) is 14.5. The quantitative estimate of drug-likeness (QED) is 0.644. The van der Waals surface area contributed by atoms with E-state index < -0.39 is 0 Å². The zero-order valence-electron chi connectivity index (χ0n) is 17.4. The van der Waals surface area contributed by atoms with Crippen molar-refractivity contribution in [2.75, 3.05) is 36.9 Å². The molecular weight excluding hydrogens is 378 g/mol. The predicted octanol–water partition coefficient (Wildman–Crippen LogP) is 4.17. The first kappa shape index (κ1) is 21.4. The zero-order valence-corrected chi connectivity index (χ0v) is 17.4. The highest BCUT2D eigenvalue weighted by atomic mass is 16.5. The van der Waals surface area contributed by atoms with Gasteiger partial charge in [-0.25, -0.2) is 0 Å². The van der Waals surface area contributed by atoms with Crippen molar-refractivity contribution >= 4 is 23.2 Å². The molecule has 3 rings (SSSR count). The lowest BCUT2D eigenvalue weighted by Gasteiger charge is -2.30. The van der Waals surface area contributed by atoms with E-state index in [2.05, 4.69) is 24.1 Å². The van der Waals surface area contributed by atoms with Gasteiger partial charge in [0.05, 0.1) is 6.54 Å². The Hall–Kier alpha value is -3.28. The lowest BCUT2D eigenvalue weighted by molar-refractivity contribution is -0.114. The van der Waals surface area contributed by atoms with Gasteiger partial charge in [0.2, 0.25) is 5.91 Å². The maximum atomic E-state index is 12.6. The first-order valence-electron chi connectivity index (χ1n) is 10.3. The number of piperidine rings is 1. The predicted molar refractivity (Wildman–Crippen MR) is 120 cm³/mol. The lowest BCUT2D eigenvalue weighted by atomic mass is 9.98. The summed E-state index contributed by atoms with van der Waals surface area (Å²) >= 11 is 0. The molecule has 6 heteroatoms. The summed E-state index contributed by atoms with van der Waals surface area (Å²) in [5.41, 5.74) is 2.14. The summed E-state index contributed by atoms with van der Waals surface area (Å²) in [6.45, 7) is 8.05. The minimum Gasteiger partial charge on any atom is -0.490 e. The summed E-state index contributed by atoms with van der Waals surface area (Å²) in [5, 5.41) is 5.92. The van der Waals surface area contributed by atoms with E-state index in [-0.39, 0.29) is 18.4 Å². The van der Waals surface area contributed by atoms with E-state index in [1.54, 1.807) is 30.3 Å². The summed E-state index contributed by atoms with van der Waals surface area (Å²) in [4.78, 5) is 26.7. The van der Waals surface area contributed by atoms with Gasteiger partial charge in [-0.1, -0.05) is 19.6 Å². The largest absolute Gasteiger partial charge is 0.490 e. The third-order valence-corrected chi connectivity index (χ3v) is 5.16. The molecule has 0 atom stereocenters. The Labute approximate surface area is 177 Å². The van der Waals surface area contributed by atoms with E-state index in [1.165, 1.54) is 0 Å². The molecule has 0 unspecified atom stereocenters. The molecule has 2 aromatic rings. The van der Waals surface area contributed by atoms with Crippen molar-refractivity contribution in [1.29, 1.82) is 0 Å². The van der Waals surface area contributed by atoms with E-state index in [0.29, 0.717) is 23.8 Å². The van der Waals surface area contributed by atoms with Crippen molar-refractivity contribution in [3.05, 3.63) is 66.7 Å². The fraction of sp³-hybridized carbons (Fsp3) is 0.333. The fourth-order valence-corrected chi connectivity index (χ4v) is 3.30. The van der Waals surface area contributed by atoms with Crippen LogP contribution < -0.4 is 15.4 Å². The van der Waals surface area contributed by atoms with Crippen LogP contribution in [0.5, 0.6) is 5.75 Å². The Morgan fingerprint density at radius 2 is 1.70 bits per heavy atom. The highest BCUT2D eigenvalue weighted by molar-refractivity contribution is 5.96. The maximum Gasteiger partial charge on any atom is 0.253 e. The van der Waals surface area contributed by atoms with Crippen LogP contribution in [0.1, 0.15) is 30.1 Å². The van der Waals surface area contributed by atoms with E-state index in [4.69, 9.17) is 4.74 Å². The van der Waals surface area contributed by atoms with Crippen LogP contribution in [-0.2, 0) is 4.79 Å². The smallest absolute Gasteiger partial charge is 0.253 e. The van der Waals surface area contributed by atoms with Crippen molar-refractivity contribution in [1.82, 2.24) is 4.90 Å². The van der Waals surface area contributed by atoms with Gasteiger partial charge in [-0.05, 0) is 67.3 Å². The van der Waals surface area contributed by atoms with E-state index in [0.717, 1.165) is 37.4 Å². The summed E-state index contributed by atoms with van der Waals surface area (Å²) < 4.78 is 5.43. The first-order valence-corrected chi connectivity index (χ1v) is 10.3. The van der Waals surface area contributed by atoms with Crippen molar-refractivity contribution in [2.45, 2.75) is 19.8 Å². The average Bonchev–Trinajstić information content (AvgIpc) is 2.77. The molecule has 2 aromatic carbocycles. The van der Waals surface area contributed by atoms with Crippen LogP contribution in [0.25, 0.3) is 0 Å². The number of carbonyl (C=O) groups excluding carboxylic acids is 2. The number of amides is 2. The molecule has 0 saturated carbocycles. The van der Waals surface area contributed by atoms with Crippen LogP contribution in [0.4, 0.5) is 11.4 Å². The van der Waals surface area contributed by atoms with Gasteiger partial charge >= 0.3 is 0 Å². The molecule has 30 heavy (non-hydrogen) atoms. The molecule has 1 fully saturated rings. The van der Waals surface area contributed by atoms with Crippen LogP contribution in [0.3, 0.4) is 0 Å². The van der Waals surface area contributed by atoms with E-state index in [1.807, 2.05) is 29.2 Å². The van der Waals surface area contributed by atoms with Crippen molar-refractivity contribution < 1.29 is 14.3 Å². The number of carbonyl (C=O) groups is 2. The number of ether oxygens (including phenoxy) is 1. The lowest BCUT2D eigenvalue weighted by Crippen LogP contribution is -2.37. The molecule has 0 spiro atoms. The monoisotopic (exact) mass is 407 g/mol. The molecule has 6 nitrogen and oxygen atoms in total. The minimum atomic E-state index is -0.161. The number of rotatable bonds is 8. The third-order valence-electron chi connectivity index (χ3n) is 5.16. The molecule has 0 aliphatic carbocycles. The van der Waals surface area contributed by atoms with E-state index in [9.17, 15) is 9.59 Å². The Balaban J connectivity index is 1.46. The van der Waals surface area contributed by atoms with Crippen LogP contribution in [0.2, 0.25) is 0 Å². The topological polar surface area (TPSA) is 70.7 Å². The molecule has 1 heterocycles. The van der Waals surface area contributed by atoms with Gasteiger partial charge in [-0.2, -0.15) is 0 Å². The Kier molecular flexibility index (Phi) is 7.49. The number of hydrogen-bond acceptors (Lipinski definition) is 4. The number of nitrogens with zero attached hydrogens (tertiary/aromatic N) is 1. The average molecular weight is 408 g/mol. The van der Waals surface area contributed by atoms with Crippen LogP contribution in [0, 0.1) is 5.92 Å². The maximum absolute atomic E-state index is 12.6. The van der Waals surface area contributed by atoms with Crippen molar-refractivity contribution in [3.8, 4) is 5.75 Å². The SMILES string of the molecule is C=CCOc1ccc(NCC(=O)Nc2ccc(C(=O)N3CCC(C)CC3)cc2)cc1. The van der Waals surface area contributed by atoms with Crippen molar-refractivity contribution in [2.24, 2.45) is 5.92 Å². The molecule has 1 aliphatic heterocycles. The zero-order chi connectivity index (χ0) is 21.3. The summed E-state index contributed by atoms with van der Waals surface area (Å²) in [5.74, 6) is 1.33. The number of anilines is 2. The fourth-order valence-electron chi connectivity index (χ4n) is 3.30. The molecule has 1 aliphatic rings. The summed E-state index contributed by atoms with van der Waals surface area (Å²) in [6, 6.07) is 14.5. The van der Waals surface area contributed by atoms with E-state index >= 15 is 0 Å². The molecule has 0 aromatic heterocycles. The molecule has 158 valence electrons. The molecule has 2 amide bonds. The molecular formula is C24H29N3O3. The standard InChI is InChI=1S/C24H29N3O3/c1-3-16-30-22-10-8-20(9-11-22)25-17-23(28)26-21-6-4-19(5-7-21)24(29)27-14-12-18(2)13-15-27/h3-11,18,25H,1,12-17H2,2H3,(H,26,28). The van der Waals surface area contributed by atoms with Crippen molar-refractivity contribution in [3.63, 3.8) is 0 Å². The van der Waals surface area contributed by atoms with Gasteiger partial charge in [-0.15, -0.1) is 0 Å². The van der Waals surface area contributed by atoms with Gasteiger partial charge in [0.25, 0.3) is 5.91 Å². The van der Waals surface area contributed by atoms with Gasteiger partial charge in [0.15, 0.2) is 0 Å². The number of benzene rings is 2. The van der Waals surface area contributed by atoms with Gasteiger partial charge < -0.3 is 20.3 Å². The second kappa shape index (κ2) is 10.5. The van der Waals surface area contributed by atoms with Gasteiger partial charge in [-0.3, -0.25) is 9.59 Å². The molecule has 0 bridgehead atoms. The summed E-state index contributed by atoms with van der Waals surface area (Å²) in [7, 11) is 0. The number of nitrogens with one attached hydrogen (secondary N) is 2. The summed E-state index contributed by atoms with van der Waals surface area (Å²) in [6.07, 6.45) is 3.79. The second-order valence-corrected chi connectivity index (χ2v) is 7.58. The number of hydrogen-bond donors (Lipinski definition) is 2. The highest BCUT2D eigenvalue weighted by Gasteiger charge is 2.21. The highest BCUT2D eigenvalue weighted by Crippen LogP contribution is 2.19. The molecule has 2 N–H and O–H groups in total. The van der Waals surface area contributed by atoms with Crippen LogP contribution in [0.15, 0.2) is 61.2 Å². The molecule has 0 radical (unpaired) electrons. The van der Waals surface area contributed by atoms with Crippen LogP contribution in [-0.4, -0.2) is 43.0 Å². The second-order valence-electron chi connectivity index (χ2n) is 7.58. The Morgan fingerprint density at radius 1 is 1.07 bits per heavy atom. The number of likely N-dealkylation sites (tertiary alicyclic amines) is 1. The Morgan fingerprint density at radius 3 is 2.33 bits per heavy atom. The molecule has 1 saturated heterocycles. The third kappa shape index (κ3) is 6.11. The van der Waals surface area contributed by atoms with Gasteiger partial charge in [0.1, 0.15) is 12.4 Å².